The van der Waals surface area contributed by atoms with Crippen molar-refractivity contribution in [2.24, 2.45) is 5.92 Å². The maximum absolute atomic E-state index is 11.7. The molecule has 0 unspecified atom stereocenters. The first-order valence-corrected chi connectivity index (χ1v) is 5.61. The summed E-state index contributed by atoms with van der Waals surface area (Å²) in [5.41, 5.74) is 0.593. The molecule has 1 rings (SSSR count). The van der Waals surface area contributed by atoms with Crippen molar-refractivity contribution in [1.82, 2.24) is 4.98 Å². The molecule has 1 heterocycles. The van der Waals surface area contributed by atoms with Crippen LogP contribution in [0.15, 0.2) is 18.5 Å². The van der Waals surface area contributed by atoms with E-state index < -0.39 is 0 Å². The molecule has 0 aromatic carbocycles. The van der Waals surface area contributed by atoms with Gasteiger partial charge in [-0.05, 0) is 18.4 Å². The molecule has 0 spiro atoms. The summed E-state index contributed by atoms with van der Waals surface area (Å²) in [4.78, 5) is 15.6. The minimum atomic E-state index is 0.114. The largest absolute Gasteiger partial charge is 0.294 e. The lowest BCUT2D eigenvalue weighted by Crippen LogP contribution is -2.01. The van der Waals surface area contributed by atoms with Crippen molar-refractivity contribution in [2.75, 3.05) is 0 Å². The van der Waals surface area contributed by atoms with Gasteiger partial charge in [0.1, 0.15) is 0 Å². The lowest BCUT2D eigenvalue weighted by molar-refractivity contribution is 0.0978. The molecule has 0 aliphatic rings. The van der Waals surface area contributed by atoms with Crippen LogP contribution in [0.25, 0.3) is 0 Å². The van der Waals surface area contributed by atoms with Crippen LogP contribution in [-0.2, 0) is 0 Å². The molecule has 0 amide bonds. The number of pyridine rings is 1. The number of Topliss-reactive ketones (excluding diaryl/α,β-unsaturated/α-hetero) is 1. The van der Waals surface area contributed by atoms with Crippen molar-refractivity contribution in [3.05, 3.63) is 29.0 Å². The van der Waals surface area contributed by atoms with Crippen LogP contribution in [0.4, 0.5) is 0 Å². The SMILES string of the molecule is CC(C)CCCC(=O)c1ccncc1Cl. The zero-order chi connectivity index (χ0) is 11.3. The van der Waals surface area contributed by atoms with E-state index in [-0.39, 0.29) is 5.78 Å². The van der Waals surface area contributed by atoms with Crippen molar-refractivity contribution >= 4 is 17.4 Å². The van der Waals surface area contributed by atoms with Crippen LogP contribution in [0.1, 0.15) is 43.5 Å². The van der Waals surface area contributed by atoms with Crippen LogP contribution in [-0.4, -0.2) is 10.8 Å². The number of halogens is 1. The van der Waals surface area contributed by atoms with Gasteiger partial charge in [0, 0.05) is 24.4 Å². The molecule has 2 nitrogen and oxygen atoms in total. The summed E-state index contributed by atoms with van der Waals surface area (Å²) in [6.07, 6.45) is 5.68. The molecule has 0 bridgehead atoms. The van der Waals surface area contributed by atoms with E-state index in [9.17, 15) is 4.79 Å². The highest BCUT2D eigenvalue weighted by molar-refractivity contribution is 6.33. The van der Waals surface area contributed by atoms with E-state index in [0.717, 1.165) is 12.8 Å². The van der Waals surface area contributed by atoms with Gasteiger partial charge in [-0.25, -0.2) is 0 Å². The highest BCUT2D eigenvalue weighted by Crippen LogP contribution is 2.17. The number of aromatic nitrogens is 1. The third kappa shape index (κ3) is 4.00. The lowest BCUT2D eigenvalue weighted by Gasteiger charge is -2.04. The Morgan fingerprint density at radius 3 is 2.87 bits per heavy atom. The van der Waals surface area contributed by atoms with Crippen molar-refractivity contribution in [3.8, 4) is 0 Å². The molecule has 15 heavy (non-hydrogen) atoms. The summed E-state index contributed by atoms with van der Waals surface area (Å²) in [5.74, 6) is 0.758. The Morgan fingerprint density at radius 2 is 2.27 bits per heavy atom. The number of nitrogens with zero attached hydrogens (tertiary/aromatic N) is 1. The van der Waals surface area contributed by atoms with Crippen LogP contribution in [0, 0.1) is 5.92 Å². The molecule has 0 aliphatic carbocycles. The standard InChI is InChI=1S/C12H16ClNO/c1-9(2)4-3-5-12(15)10-6-7-14-8-11(10)13/h6-9H,3-5H2,1-2H3. The number of carbonyl (C=O) groups excluding carboxylic acids is 1. The molecule has 0 atom stereocenters. The first-order valence-electron chi connectivity index (χ1n) is 5.24. The maximum Gasteiger partial charge on any atom is 0.164 e. The fraction of sp³-hybridized carbons (Fsp3) is 0.500. The lowest BCUT2D eigenvalue weighted by atomic mass is 10.0. The molecular formula is C12H16ClNO. The topological polar surface area (TPSA) is 30.0 Å². The molecular weight excluding hydrogens is 210 g/mol. The molecule has 82 valence electrons. The van der Waals surface area contributed by atoms with Gasteiger partial charge in [-0.3, -0.25) is 9.78 Å². The predicted molar refractivity (Wildman–Crippen MR) is 62.3 cm³/mol. The number of hydrogen-bond donors (Lipinski definition) is 0. The van der Waals surface area contributed by atoms with Gasteiger partial charge in [0.25, 0.3) is 0 Å². The number of ketones is 1. The molecule has 0 fully saturated rings. The minimum absolute atomic E-state index is 0.114. The van der Waals surface area contributed by atoms with Gasteiger partial charge in [0.05, 0.1) is 5.02 Å². The van der Waals surface area contributed by atoms with Crippen LogP contribution in [0.5, 0.6) is 0 Å². The summed E-state index contributed by atoms with van der Waals surface area (Å²) in [7, 11) is 0. The summed E-state index contributed by atoms with van der Waals surface area (Å²) in [6.45, 7) is 4.31. The molecule has 0 saturated carbocycles. The number of carbonyl (C=O) groups is 1. The van der Waals surface area contributed by atoms with Crippen molar-refractivity contribution in [1.29, 1.82) is 0 Å². The Labute approximate surface area is 95.7 Å². The van der Waals surface area contributed by atoms with Gasteiger partial charge in [0.15, 0.2) is 5.78 Å². The van der Waals surface area contributed by atoms with E-state index in [1.165, 1.54) is 6.20 Å². The van der Waals surface area contributed by atoms with Gasteiger partial charge >= 0.3 is 0 Å². The van der Waals surface area contributed by atoms with Crippen molar-refractivity contribution < 1.29 is 4.79 Å². The van der Waals surface area contributed by atoms with Gasteiger partial charge in [-0.15, -0.1) is 0 Å². The summed E-state index contributed by atoms with van der Waals surface area (Å²) in [5, 5.41) is 0.451. The third-order valence-corrected chi connectivity index (χ3v) is 2.56. The predicted octanol–water partition coefficient (Wildman–Crippen LogP) is 3.74. The third-order valence-electron chi connectivity index (χ3n) is 2.26. The Hall–Kier alpha value is -0.890. The molecule has 1 aromatic heterocycles. The monoisotopic (exact) mass is 225 g/mol. The summed E-state index contributed by atoms with van der Waals surface area (Å²) >= 11 is 5.88. The van der Waals surface area contributed by atoms with Gasteiger partial charge in [0.2, 0.25) is 0 Å². The Morgan fingerprint density at radius 1 is 1.53 bits per heavy atom. The van der Waals surface area contributed by atoms with E-state index in [0.29, 0.717) is 22.9 Å². The van der Waals surface area contributed by atoms with Crippen LogP contribution >= 0.6 is 11.6 Å². The highest BCUT2D eigenvalue weighted by Gasteiger charge is 2.09. The first-order chi connectivity index (χ1) is 7.11. The zero-order valence-electron chi connectivity index (χ0n) is 9.16. The number of rotatable bonds is 5. The fourth-order valence-corrected chi connectivity index (χ4v) is 1.63. The number of hydrogen-bond acceptors (Lipinski definition) is 2. The van der Waals surface area contributed by atoms with E-state index >= 15 is 0 Å². The van der Waals surface area contributed by atoms with E-state index in [1.807, 2.05) is 0 Å². The van der Waals surface area contributed by atoms with Crippen LogP contribution in [0.2, 0.25) is 5.02 Å². The smallest absolute Gasteiger partial charge is 0.164 e. The molecule has 1 aromatic rings. The molecule has 0 N–H and O–H groups in total. The Balaban J connectivity index is 2.51. The van der Waals surface area contributed by atoms with Crippen molar-refractivity contribution in [2.45, 2.75) is 33.1 Å². The average molecular weight is 226 g/mol. The maximum atomic E-state index is 11.7. The molecule has 0 radical (unpaired) electrons. The quantitative estimate of drug-likeness (QED) is 0.715. The second-order valence-electron chi connectivity index (χ2n) is 4.06. The molecule has 0 aliphatic heterocycles. The molecule has 3 heteroatoms. The van der Waals surface area contributed by atoms with Gasteiger partial charge in [-0.2, -0.15) is 0 Å². The van der Waals surface area contributed by atoms with Gasteiger partial charge < -0.3 is 0 Å². The summed E-state index contributed by atoms with van der Waals surface area (Å²) < 4.78 is 0. The normalized spacial score (nSPS) is 10.7. The van der Waals surface area contributed by atoms with E-state index in [4.69, 9.17) is 11.6 Å². The Kier molecular flexibility index (Phi) is 4.76. The van der Waals surface area contributed by atoms with Gasteiger partial charge in [-0.1, -0.05) is 31.9 Å². The zero-order valence-corrected chi connectivity index (χ0v) is 9.92. The fourth-order valence-electron chi connectivity index (χ4n) is 1.41. The Bertz CT molecular complexity index is 336. The highest BCUT2D eigenvalue weighted by atomic mass is 35.5. The van der Waals surface area contributed by atoms with E-state index in [1.54, 1.807) is 12.3 Å². The second-order valence-corrected chi connectivity index (χ2v) is 4.47. The minimum Gasteiger partial charge on any atom is -0.294 e. The second kappa shape index (κ2) is 5.86. The van der Waals surface area contributed by atoms with Crippen molar-refractivity contribution in [3.63, 3.8) is 0 Å². The van der Waals surface area contributed by atoms with E-state index in [2.05, 4.69) is 18.8 Å². The molecule has 0 saturated heterocycles. The summed E-state index contributed by atoms with van der Waals surface area (Å²) in [6, 6.07) is 1.68. The first kappa shape index (κ1) is 12.2. The average Bonchev–Trinajstić information content (AvgIpc) is 2.17. The van der Waals surface area contributed by atoms with Crippen LogP contribution < -0.4 is 0 Å². The van der Waals surface area contributed by atoms with Crippen LogP contribution in [0.3, 0.4) is 0 Å².